The van der Waals surface area contributed by atoms with Gasteiger partial charge in [0.1, 0.15) is 0 Å². The van der Waals surface area contributed by atoms with Gasteiger partial charge in [-0.3, -0.25) is 14.6 Å². The predicted octanol–water partition coefficient (Wildman–Crippen LogP) is 4.22. The number of aryl methyl sites for hydroxylation is 1. The number of halogens is 1. The molecule has 0 bridgehead atoms. The molecule has 0 aliphatic heterocycles. The quantitative estimate of drug-likeness (QED) is 0.616. The minimum atomic E-state index is -0.482. The van der Waals surface area contributed by atoms with Gasteiger partial charge in [-0.2, -0.15) is 0 Å². The Morgan fingerprint density at radius 1 is 1.00 bits per heavy atom. The van der Waals surface area contributed by atoms with E-state index in [-0.39, 0.29) is 18.2 Å². The van der Waals surface area contributed by atoms with Crippen molar-refractivity contribution < 1.29 is 9.59 Å². The van der Waals surface area contributed by atoms with Gasteiger partial charge in [-0.05, 0) is 36.2 Å². The lowest BCUT2D eigenvalue weighted by molar-refractivity contribution is -0.121. The van der Waals surface area contributed by atoms with Gasteiger partial charge in [0.05, 0.1) is 35.3 Å². The first-order chi connectivity index (χ1) is 14.0. The summed E-state index contributed by atoms with van der Waals surface area (Å²) in [6.07, 6.45) is 1.80. The Kier molecular flexibility index (Phi) is 6.98. The van der Waals surface area contributed by atoms with E-state index in [1.54, 1.807) is 30.5 Å². The molecule has 0 saturated heterocycles. The number of benzene rings is 2. The largest absolute Gasteiger partial charge is 0.350 e. The Morgan fingerprint density at radius 2 is 1.72 bits per heavy atom. The molecule has 0 spiro atoms. The number of hydrogen-bond acceptors (Lipinski definition) is 3. The summed E-state index contributed by atoms with van der Waals surface area (Å²) in [5.41, 5.74) is 3.05. The fraction of sp³-hybridized carbons (Fsp3) is 0.174. The molecule has 1 heterocycles. The number of carbonyl (C=O) groups excluding carboxylic acids is 2. The maximum Gasteiger partial charge on any atom is 0.253 e. The van der Waals surface area contributed by atoms with Gasteiger partial charge in [-0.1, -0.05) is 60.1 Å². The predicted molar refractivity (Wildman–Crippen MR) is 114 cm³/mol. The van der Waals surface area contributed by atoms with Crippen LogP contribution < -0.4 is 10.6 Å². The van der Waals surface area contributed by atoms with Crippen LogP contribution in [-0.4, -0.2) is 16.8 Å². The minimum absolute atomic E-state index is 0.103. The fourth-order valence-corrected chi connectivity index (χ4v) is 3.18. The molecule has 1 atom stereocenters. The molecule has 2 amide bonds. The highest BCUT2D eigenvalue weighted by molar-refractivity contribution is 6.33. The second-order valence-corrected chi connectivity index (χ2v) is 7.07. The van der Waals surface area contributed by atoms with Gasteiger partial charge in [-0.25, -0.2) is 0 Å². The number of pyridine rings is 1. The molecular weight excluding hydrogens is 386 g/mol. The minimum Gasteiger partial charge on any atom is -0.350 e. The molecule has 0 aliphatic rings. The van der Waals surface area contributed by atoms with Crippen LogP contribution in [0.25, 0.3) is 0 Å². The zero-order chi connectivity index (χ0) is 20.6. The van der Waals surface area contributed by atoms with Crippen molar-refractivity contribution in [1.82, 2.24) is 15.6 Å². The first-order valence-corrected chi connectivity index (χ1v) is 9.70. The van der Waals surface area contributed by atoms with Crippen LogP contribution in [-0.2, 0) is 11.3 Å². The van der Waals surface area contributed by atoms with Crippen LogP contribution in [0.2, 0.25) is 5.02 Å². The average molecular weight is 408 g/mol. The van der Waals surface area contributed by atoms with E-state index in [1.165, 1.54) is 0 Å². The van der Waals surface area contributed by atoms with E-state index in [0.29, 0.717) is 17.1 Å². The highest BCUT2D eigenvalue weighted by Gasteiger charge is 2.20. The number of nitrogens with one attached hydrogen (secondary N) is 2. The molecule has 2 N–H and O–H groups in total. The lowest BCUT2D eigenvalue weighted by Crippen LogP contribution is -2.34. The summed E-state index contributed by atoms with van der Waals surface area (Å²) in [4.78, 5) is 29.6. The molecule has 2 aromatic carbocycles. The molecule has 0 fully saturated rings. The number of rotatable bonds is 7. The van der Waals surface area contributed by atoms with E-state index in [0.717, 1.165) is 16.8 Å². The van der Waals surface area contributed by atoms with Gasteiger partial charge < -0.3 is 10.6 Å². The van der Waals surface area contributed by atoms with Crippen LogP contribution in [0.1, 0.15) is 39.6 Å². The van der Waals surface area contributed by atoms with Crippen LogP contribution in [0.5, 0.6) is 0 Å². The van der Waals surface area contributed by atoms with E-state index in [2.05, 4.69) is 15.6 Å². The Balaban J connectivity index is 1.71. The maximum atomic E-state index is 12.7. The summed E-state index contributed by atoms with van der Waals surface area (Å²) >= 11 is 6.14. The Labute approximate surface area is 175 Å². The molecule has 1 aromatic heterocycles. The number of hydrogen-bond donors (Lipinski definition) is 2. The van der Waals surface area contributed by atoms with Crippen LogP contribution in [0, 0.1) is 6.92 Å². The van der Waals surface area contributed by atoms with Crippen molar-refractivity contribution in [3.8, 4) is 0 Å². The normalized spacial score (nSPS) is 11.5. The van der Waals surface area contributed by atoms with Crippen molar-refractivity contribution in [2.75, 3.05) is 0 Å². The molecule has 0 saturated carbocycles. The number of amides is 2. The molecule has 3 aromatic rings. The highest BCUT2D eigenvalue weighted by atomic mass is 35.5. The molecule has 6 heteroatoms. The third-order valence-corrected chi connectivity index (χ3v) is 4.92. The zero-order valence-corrected chi connectivity index (χ0v) is 16.8. The summed E-state index contributed by atoms with van der Waals surface area (Å²) in [5, 5.41) is 6.18. The monoisotopic (exact) mass is 407 g/mol. The standard InChI is InChI=1S/C23H22ClN3O2/c1-16-8-7-13-25-21(16)15-26-22(28)14-20(17-9-3-2-4-10-17)27-23(29)18-11-5-6-12-19(18)24/h2-13,20H,14-15H2,1H3,(H,26,28)(H,27,29). The number of carbonyl (C=O) groups is 2. The summed E-state index contributed by atoms with van der Waals surface area (Å²) < 4.78 is 0. The first kappa shape index (κ1) is 20.6. The van der Waals surface area contributed by atoms with Crippen molar-refractivity contribution in [3.63, 3.8) is 0 Å². The number of aromatic nitrogens is 1. The van der Waals surface area contributed by atoms with Gasteiger partial charge in [-0.15, -0.1) is 0 Å². The van der Waals surface area contributed by atoms with Gasteiger partial charge in [0.2, 0.25) is 5.91 Å². The van der Waals surface area contributed by atoms with E-state index in [9.17, 15) is 9.59 Å². The molecule has 0 radical (unpaired) electrons. The molecule has 0 aliphatic carbocycles. The van der Waals surface area contributed by atoms with Crippen molar-refractivity contribution in [3.05, 3.63) is 100 Å². The lowest BCUT2D eigenvalue weighted by Gasteiger charge is -2.19. The van der Waals surface area contributed by atoms with Crippen molar-refractivity contribution in [2.45, 2.75) is 25.9 Å². The van der Waals surface area contributed by atoms with Gasteiger partial charge in [0, 0.05) is 6.20 Å². The van der Waals surface area contributed by atoms with Crippen LogP contribution in [0.3, 0.4) is 0 Å². The van der Waals surface area contributed by atoms with E-state index in [1.807, 2.05) is 49.4 Å². The van der Waals surface area contributed by atoms with E-state index in [4.69, 9.17) is 11.6 Å². The van der Waals surface area contributed by atoms with Crippen molar-refractivity contribution >= 4 is 23.4 Å². The fourth-order valence-electron chi connectivity index (χ4n) is 2.96. The van der Waals surface area contributed by atoms with Crippen molar-refractivity contribution in [2.24, 2.45) is 0 Å². The summed E-state index contributed by atoms with van der Waals surface area (Å²) in [6, 6.07) is 19.6. The molecular formula is C23H22ClN3O2. The molecule has 148 valence electrons. The highest BCUT2D eigenvalue weighted by Crippen LogP contribution is 2.20. The topological polar surface area (TPSA) is 71.1 Å². The summed E-state index contributed by atoms with van der Waals surface area (Å²) in [7, 11) is 0. The van der Waals surface area contributed by atoms with Gasteiger partial charge >= 0.3 is 0 Å². The van der Waals surface area contributed by atoms with Crippen LogP contribution in [0.15, 0.2) is 72.9 Å². The second kappa shape index (κ2) is 9.85. The van der Waals surface area contributed by atoms with E-state index < -0.39 is 6.04 Å². The first-order valence-electron chi connectivity index (χ1n) is 9.32. The molecule has 1 unspecified atom stereocenters. The molecule has 5 nitrogen and oxygen atoms in total. The van der Waals surface area contributed by atoms with Crippen LogP contribution >= 0.6 is 11.6 Å². The Morgan fingerprint density at radius 3 is 2.45 bits per heavy atom. The smallest absolute Gasteiger partial charge is 0.253 e. The Bertz CT molecular complexity index is 992. The third kappa shape index (κ3) is 5.65. The summed E-state index contributed by atoms with van der Waals surface area (Å²) in [5.74, 6) is -0.499. The average Bonchev–Trinajstić information content (AvgIpc) is 2.73. The SMILES string of the molecule is Cc1cccnc1CNC(=O)CC(NC(=O)c1ccccc1Cl)c1ccccc1. The van der Waals surface area contributed by atoms with Crippen LogP contribution in [0.4, 0.5) is 0 Å². The molecule has 29 heavy (non-hydrogen) atoms. The van der Waals surface area contributed by atoms with Crippen molar-refractivity contribution in [1.29, 1.82) is 0 Å². The van der Waals surface area contributed by atoms with Gasteiger partial charge in [0.25, 0.3) is 5.91 Å². The lowest BCUT2D eigenvalue weighted by atomic mass is 10.0. The third-order valence-electron chi connectivity index (χ3n) is 4.59. The number of nitrogens with zero attached hydrogens (tertiary/aromatic N) is 1. The van der Waals surface area contributed by atoms with E-state index >= 15 is 0 Å². The summed E-state index contributed by atoms with van der Waals surface area (Å²) in [6.45, 7) is 2.29. The second-order valence-electron chi connectivity index (χ2n) is 6.66. The zero-order valence-electron chi connectivity index (χ0n) is 16.1. The van der Waals surface area contributed by atoms with Gasteiger partial charge in [0.15, 0.2) is 0 Å². The maximum absolute atomic E-state index is 12.7. The Hall–Kier alpha value is -3.18. The molecule has 3 rings (SSSR count).